The van der Waals surface area contributed by atoms with E-state index in [9.17, 15) is 13.2 Å². The molecule has 3 aromatic rings. The smallest absolute Gasteiger partial charge is 0.238 e. The zero-order valence-corrected chi connectivity index (χ0v) is 15.5. The lowest BCUT2D eigenvalue weighted by Gasteiger charge is -2.08. The lowest BCUT2D eigenvalue weighted by Crippen LogP contribution is -2.11. The van der Waals surface area contributed by atoms with Gasteiger partial charge in [-0.2, -0.15) is 5.10 Å². The average molecular weight is 390 g/mol. The van der Waals surface area contributed by atoms with Gasteiger partial charge in [-0.3, -0.25) is 4.79 Å². The highest BCUT2D eigenvalue weighted by Gasteiger charge is 2.16. The van der Waals surface area contributed by atoms with Crippen molar-refractivity contribution in [3.8, 4) is 16.9 Å². The zero-order valence-electron chi connectivity index (χ0n) is 13.9. The van der Waals surface area contributed by atoms with Crippen LogP contribution in [0.1, 0.15) is 23.8 Å². The van der Waals surface area contributed by atoms with E-state index in [1.165, 1.54) is 12.1 Å². The number of nitrogens with zero attached hydrogens (tertiary/aromatic N) is 2. The molecule has 0 spiro atoms. The molecule has 0 fully saturated rings. The monoisotopic (exact) mass is 389 g/mol. The van der Waals surface area contributed by atoms with Crippen LogP contribution in [0.5, 0.6) is 0 Å². The van der Waals surface area contributed by atoms with Crippen LogP contribution < -0.4 is 5.14 Å². The van der Waals surface area contributed by atoms with Crippen molar-refractivity contribution in [2.45, 2.75) is 18.2 Å². The number of hydrogen-bond donors (Lipinski definition) is 1. The van der Waals surface area contributed by atoms with Gasteiger partial charge in [-0.25, -0.2) is 18.2 Å². The number of carbonyl (C=O) groups excluding carboxylic acids is 1. The predicted molar refractivity (Wildman–Crippen MR) is 100 cm³/mol. The molecule has 0 aliphatic heterocycles. The normalized spacial score (nSPS) is 11.5. The number of carbonyl (C=O) groups is 1. The summed E-state index contributed by atoms with van der Waals surface area (Å²) in [6.07, 6.45) is 0.330. The Hall–Kier alpha value is -2.48. The van der Waals surface area contributed by atoms with Crippen molar-refractivity contribution in [2.24, 2.45) is 5.14 Å². The maximum absolute atomic E-state index is 12.1. The van der Waals surface area contributed by atoms with Gasteiger partial charge >= 0.3 is 0 Å². The Morgan fingerprint density at radius 2 is 1.85 bits per heavy atom. The highest BCUT2D eigenvalue weighted by Crippen LogP contribution is 2.26. The first-order chi connectivity index (χ1) is 12.3. The molecule has 1 heterocycles. The minimum atomic E-state index is -3.78. The number of ketones is 1. The van der Waals surface area contributed by atoms with Crippen LogP contribution >= 0.6 is 11.6 Å². The molecule has 0 amide bonds. The first-order valence-electron chi connectivity index (χ1n) is 7.82. The summed E-state index contributed by atoms with van der Waals surface area (Å²) >= 11 is 6.07. The lowest BCUT2D eigenvalue weighted by atomic mass is 10.1. The largest absolute Gasteiger partial charge is 0.292 e. The number of sulfonamides is 1. The summed E-state index contributed by atoms with van der Waals surface area (Å²) in [5, 5.41) is 10.1. The Balaban J connectivity index is 2.16. The second-order valence-electron chi connectivity index (χ2n) is 5.65. The number of halogens is 1. The van der Waals surface area contributed by atoms with E-state index in [0.717, 1.165) is 0 Å². The fourth-order valence-corrected chi connectivity index (χ4v) is 3.22. The van der Waals surface area contributed by atoms with Gasteiger partial charge in [0.2, 0.25) is 10.0 Å². The number of aromatic nitrogens is 2. The van der Waals surface area contributed by atoms with E-state index in [4.69, 9.17) is 16.7 Å². The van der Waals surface area contributed by atoms with Crippen molar-refractivity contribution in [2.75, 3.05) is 0 Å². The fraction of sp³-hybridized carbons (Fsp3) is 0.111. The molecule has 0 aliphatic rings. The molecule has 0 bridgehead atoms. The predicted octanol–water partition coefficient (Wildman–Crippen LogP) is 3.43. The highest BCUT2D eigenvalue weighted by molar-refractivity contribution is 7.89. The molecule has 6 nitrogen and oxygen atoms in total. The van der Waals surface area contributed by atoms with E-state index in [-0.39, 0.29) is 10.7 Å². The van der Waals surface area contributed by atoms with Crippen LogP contribution in [0.15, 0.2) is 59.5 Å². The molecule has 0 radical (unpaired) electrons. The molecule has 0 aliphatic carbocycles. The van der Waals surface area contributed by atoms with Crippen molar-refractivity contribution < 1.29 is 13.2 Å². The van der Waals surface area contributed by atoms with Gasteiger partial charge < -0.3 is 0 Å². The number of primary sulfonamides is 1. The molecule has 0 unspecified atom stereocenters. The number of benzene rings is 2. The van der Waals surface area contributed by atoms with E-state index >= 15 is 0 Å². The van der Waals surface area contributed by atoms with Crippen molar-refractivity contribution in [1.82, 2.24) is 9.78 Å². The molecule has 1 aromatic heterocycles. The van der Waals surface area contributed by atoms with E-state index in [0.29, 0.717) is 34.1 Å². The Bertz CT molecular complexity index is 1070. The van der Waals surface area contributed by atoms with E-state index in [1.54, 1.807) is 48.0 Å². The summed E-state index contributed by atoms with van der Waals surface area (Å²) in [5.74, 6) is -0.0896. The third kappa shape index (κ3) is 3.70. The summed E-state index contributed by atoms with van der Waals surface area (Å²) in [5.41, 5.74) is 2.36. The van der Waals surface area contributed by atoms with Gasteiger partial charge in [-0.1, -0.05) is 36.7 Å². The van der Waals surface area contributed by atoms with Gasteiger partial charge in [-0.05, 0) is 36.4 Å². The maximum atomic E-state index is 12.1. The second kappa shape index (κ2) is 7.03. The third-order valence-corrected chi connectivity index (χ3v) is 5.01. The minimum Gasteiger partial charge on any atom is -0.292 e. The first-order valence-corrected chi connectivity index (χ1v) is 9.74. The number of nitrogens with two attached hydrogens (primary N) is 1. The van der Waals surface area contributed by atoms with Crippen LogP contribution in [0, 0.1) is 0 Å². The lowest BCUT2D eigenvalue weighted by molar-refractivity contribution is 0.0983. The highest BCUT2D eigenvalue weighted by atomic mass is 35.5. The molecule has 0 saturated carbocycles. The summed E-state index contributed by atoms with van der Waals surface area (Å²) in [4.78, 5) is 12.1. The average Bonchev–Trinajstić information content (AvgIpc) is 3.06. The second-order valence-corrected chi connectivity index (χ2v) is 7.65. The summed E-state index contributed by atoms with van der Waals surface area (Å²) in [6.45, 7) is 1.77. The molecule has 26 heavy (non-hydrogen) atoms. The number of rotatable bonds is 5. The van der Waals surface area contributed by atoms with Gasteiger partial charge in [0.15, 0.2) is 5.78 Å². The quantitative estimate of drug-likeness (QED) is 0.676. The molecule has 134 valence electrons. The Kier molecular flexibility index (Phi) is 4.95. The summed E-state index contributed by atoms with van der Waals surface area (Å²) in [6, 6.07) is 14.8. The fourth-order valence-electron chi connectivity index (χ4n) is 2.52. The van der Waals surface area contributed by atoms with Gasteiger partial charge in [0, 0.05) is 17.0 Å². The van der Waals surface area contributed by atoms with Gasteiger partial charge in [0.25, 0.3) is 0 Å². The molecule has 2 aromatic carbocycles. The van der Waals surface area contributed by atoms with Crippen molar-refractivity contribution >= 4 is 27.4 Å². The summed E-state index contributed by atoms with van der Waals surface area (Å²) < 4.78 is 24.5. The first kappa shape index (κ1) is 18.3. The van der Waals surface area contributed by atoms with Crippen LogP contribution in [0.2, 0.25) is 5.02 Å². The molecule has 3 rings (SSSR count). The maximum Gasteiger partial charge on any atom is 0.238 e. The Morgan fingerprint density at radius 3 is 2.42 bits per heavy atom. The SMILES string of the molecule is CCC(=O)c1cc(-c2ccc(S(N)(=O)=O)cc2)n(-c2cccc(Cl)c2)n1. The Morgan fingerprint density at radius 1 is 1.15 bits per heavy atom. The standard InChI is InChI=1S/C18H16ClN3O3S/c1-2-18(23)16-11-17(12-6-8-15(9-7-12)26(20,24)25)22(21-16)14-5-3-4-13(19)10-14/h3-11H,2H2,1H3,(H2,20,24,25). The van der Waals surface area contributed by atoms with Gasteiger partial charge in [0.05, 0.1) is 16.3 Å². The van der Waals surface area contributed by atoms with E-state index in [2.05, 4.69) is 5.10 Å². The minimum absolute atomic E-state index is 0.0138. The zero-order chi connectivity index (χ0) is 18.9. The molecule has 0 atom stereocenters. The molecule has 2 N–H and O–H groups in total. The molecule has 0 saturated heterocycles. The van der Waals surface area contributed by atoms with Crippen molar-refractivity contribution in [3.63, 3.8) is 0 Å². The van der Waals surface area contributed by atoms with Crippen LogP contribution in [0.25, 0.3) is 16.9 Å². The van der Waals surface area contributed by atoms with Crippen LogP contribution in [-0.4, -0.2) is 24.0 Å². The molecular formula is C18H16ClN3O3S. The van der Waals surface area contributed by atoms with E-state index in [1.807, 2.05) is 6.07 Å². The van der Waals surface area contributed by atoms with Crippen molar-refractivity contribution in [3.05, 3.63) is 65.3 Å². The summed E-state index contributed by atoms with van der Waals surface area (Å²) in [7, 11) is -3.78. The molecular weight excluding hydrogens is 374 g/mol. The van der Waals surface area contributed by atoms with Crippen LogP contribution in [0.3, 0.4) is 0 Å². The van der Waals surface area contributed by atoms with Gasteiger partial charge in [0.1, 0.15) is 5.69 Å². The van der Waals surface area contributed by atoms with E-state index < -0.39 is 10.0 Å². The van der Waals surface area contributed by atoms with Crippen LogP contribution in [0.4, 0.5) is 0 Å². The molecule has 8 heteroatoms. The number of hydrogen-bond acceptors (Lipinski definition) is 4. The van der Waals surface area contributed by atoms with Crippen molar-refractivity contribution in [1.29, 1.82) is 0 Å². The van der Waals surface area contributed by atoms with Gasteiger partial charge in [-0.15, -0.1) is 0 Å². The van der Waals surface area contributed by atoms with Crippen LogP contribution in [-0.2, 0) is 10.0 Å². The number of Topliss-reactive ketones (excluding diaryl/α,β-unsaturated/α-hetero) is 1. The third-order valence-electron chi connectivity index (χ3n) is 3.85. The topological polar surface area (TPSA) is 95.0 Å². The Labute approximate surface area is 156 Å².